The van der Waals surface area contributed by atoms with Gasteiger partial charge < -0.3 is 39.3 Å². The van der Waals surface area contributed by atoms with Crippen molar-refractivity contribution in [3.63, 3.8) is 0 Å². The van der Waals surface area contributed by atoms with Gasteiger partial charge in [-0.3, -0.25) is 19.3 Å². The van der Waals surface area contributed by atoms with Gasteiger partial charge in [0.25, 0.3) is 11.8 Å². The van der Waals surface area contributed by atoms with Gasteiger partial charge in [-0.2, -0.15) is 4.73 Å². The number of rotatable bonds is 21. The number of β-lactam (4-membered cyclic amide) rings is 1. The molecule has 2 amide bonds. The molecule has 2 aliphatic rings. The number of ether oxygens (including phenoxy) is 4. The lowest BCUT2D eigenvalue weighted by Gasteiger charge is -2.49. The third-order valence-corrected chi connectivity index (χ3v) is 14.7. The minimum Gasteiger partial charge on any atom is -0.497 e. The zero-order chi connectivity index (χ0) is 51.6. The molecule has 0 aliphatic carbocycles. The van der Waals surface area contributed by atoms with Crippen LogP contribution >= 0.6 is 34.7 Å². The number of nitrogens with one attached hydrogen (secondary N) is 2. The van der Waals surface area contributed by atoms with Crippen LogP contribution < -0.4 is 35.1 Å². The fourth-order valence-corrected chi connectivity index (χ4v) is 10.9. The van der Waals surface area contributed by atoms with Gasteiger partial charge >= 0.3 is 5.97 Å². The normalized spacial score (nSPS) is 15.3. The van der Waals surface area contributed by atoms with Crippen LogP contribution in [-0.4, -0.2) is 82.5 Å². The number of hydrogen-bond donors (Lipinski definition) is 2. The largest absolute Gasteiger partial charge is 0.497 e. The molecule has 0 saturated carbocycles. The number of amides is 2. The molecule has 19 heteroatoms. The number of anilines is 1. The van der Waals surface area contributed by atoms with Crippen LogP contribution in [0.2, 0.25) is 0 Å². The van der Waals surface area contributed by atoms with Gasteiger partial charge in [-0.25, -0.2) is 9.78 Å². The standard InChI is InChI=1S/C55H49ClN6O10S2/c1-67-42-23-19-35(20-24-42)30-70-46-29-61(69-3)41(27-45(46)63)32-72-60-47(44-34-74-54(57-44)59-55(38-13-7-4-8-14-38,39-15-9-5-10-16-39)40-17-11-6-12-18-40)50(64)58-48-51(65)62-49(37(28-56)33-73-52(48)62)53(66)71-31-36-21-25-43(68-2)26-22-36/h4-27,29,34,48,52H,28,30-33H2,1-3H3,(H,57,59)(H,58,64)/t48-,52-/m1/s1. The molecule has 0 unspecified atom stereocenters. The molecule has 0 bridgehead atoms. The number of oxime groups is 1. The van der Waals surface area contributed by atoms with Crippen LogP contribution in [0.5, 0.6) is 17.2 Å². The molecule has 2 atom stereocenters. The van der Waals surface area contributed by atoms with E-state index in [-0.39, 0.29) is 54.2 Å². The Labute approximate surface area is 439 Å². The highest BCUT2D eigenvalue weighted by molar-refractivity contribution is 8.00. The first-order valence-electron chi connectivity index (χ1n) is 23.1. The van der Waals surface area contributed by atoms with E-state index in [1.165, 1.54) is 52.1 Å². The van der Waals surface area contributed by atoms with Gasteiger partial charge in [-0.1, -0.05) is 120 Å². The predicted octanol–water partition coefficient (Wildman–Crippen LogP) is 7.92. The van der Waals surface area contributed by atoms with E-state index in [2.05, 4.69) is 15.8 Å². The molecular formula is C55H49ClN6O10S2. The van der Waals surface area contributed by atoms with Crippen molar-refractivity contribution in [3.05, 3.63) is 218 Å². The number of aromatic nitrogens is 2. The third kappa shape index (κ3) is 10.8. The highest BCUT2D eigenvalue weighted by Gasteiger charge is 2.54. The monoisotopic (exact) mass is 1050 g/mol. The van der Waals surface area contributed by atoms with Crippen molar-refractivity contribution in [2.24, 2.45) is 5.16 Å². The van der Waals surface area contributed by atoms with Crippen molar-refractivity contribution in [1.29, 1.82) is 0 Å². The van der Waals surface area contributed by atoms with Crippen molar-refractivity contribution < 1.29 is 43.0 Å². The Bertz CT molecular complexity index is 3130. The van der Waals surface area contributed by atoms with E-state index in [1.54, 1.807) is 56.0 Å². The van der Waals surface area contributed by atoms with Crippen LogP contribution in [0.25, 0.3) is 0 Å². The van der Waals surface area contributed by atoms with E-state index >= 15 is 0 Å². The summed E-state index contributed by atoms with van der Waals surface area (Å²) < 4.78 is 23.3. The lowest BCUT2D eigenvalue weighted by molar-refractivity contribution is -0.153. The molecule has 0 spiro atoms. The molecule has 378 valence electrons. The molecule has 74 heavy (non-hydrogen) atoms. The molecule has 4 heterocycles. The van der Waals surface area contributed by atoms with Crippen molar-refractivity contribution in [1.82, 2.24) is 19.9 Å². The Kier molecular flexibility index (Phi) is 16.0. The predicted molar refractivity (Wildman–Crippen MR) is 282 cm³/mol. The highest BCUT2D eigenvalue weighted by atomic mass is 35.5. The summed E-state index contributed by atoms with van der Waals surface area (Å²) in [6, 6.07) is 44.4. The fraction of sp³-hybridized carbons (Fsp3) is 0.200. The molecule has 7 aromatic rings. The van der Waals surface area contributed by atoms with E-state index in [0.717, 1.165) is 22.3 Å². The molecule has 9 rings (SSSR count). The summed E-state index contributed by atoms with van der Waals surface area (Å²) in [5.74, 6) is -0.406. The number of pyridine rings is 1. The quantitative estimate of drug-likeness (QED) is 0.0177. The van der Waals surface area contributed by atoms with Crippen molar-refractivity contribution >= 4 is 63.3 Å². The van der Waals surface area contributed by atoms with Crippen LogP contribution in [0.1, 0.15) is 39.2 Å². The number of fused-ring (bicyclic) bond motifs is 1. The van der Waals surface area contributed by atoms with Gasteiger partial charge in [0.1, 0.15) is 65.9 Å². The van der Waals surface area contributed by atoms with E-state index in [9.17, 15) is 19.2 Å². The number of nitrogens with zero attached hydrogens (tertiary/aromatic N) is 4. The number of alkyl halides is 1. The van der Waals surface area contributed by atoms with Crippen molar-refractivity contribution in [3.8, 4) is 17.2 Å². The lowest BCUT2D eigenvalue weighted by atomic mass is 9.77. The van der Waals surface area contributed by atoms with Crippen molar-refractivity contribution in [2.45, 2.75) is 36.8 Å². The maximum absolute atomic E-state index is 14.7. The smallest absolute Gasteiger partial charge is 0.355 e. The highest BCUT2D eigenvalue weighted by Crippen LogP contribution is 2.42. The first-order valence-corrected chi connectivity index (χ1v) is 25.6. The van der Waals surface area contributed by atoms with E-state index in [4.69, 9.17) is 45.2 Å². The van der Waals surface area contributed by atoms with Crippen molar-refractivity contribution in [2.75, 3.05) is 38.3 Å². The molecule has 2 N–H and O–H groups in total. The second kappa shape index (κ2) is 23.2. The van der Waals surface area contributed by atoms with E-state index in [1.807, 2.05) is 103 Å². The Balaban J connectivity index is 0.999. The molecule has 5 aromatic carbocycles. The maximum atomic E-state index is 14.7. The zero-order valence-corrected chi connectivity index (χ0v) is 42.7. The second-order valence-corrected chi connectivity index (χ2v) is 19.0. The summed E-state index contributed by atoms with van der Waals surface area (Å²) in [7, 11) is 4.54. The van der Waals surface area contributed by atoms with E-state index < -0.39 is 40.2 Å². The van der Waals surface area contributed by atoms with Gasteiger partial charge in [0, 0.05) is 23.1 Å². The Hall–Kier alpha value is -8.06. The molecule has 1 fully saturated rings. The topological polar surface area (TPSA) is 181 Å². The number of methoxy groups -OCH3 is 2. The van der Waals surface area contributed by atoms with Gasteiger partial charge in [0.2, 0.25) is 5.43 Å². The summed E-state index contributed by atoms with van der Waals surface area (Å²) in [4.78, 5) is 73.5. The fourth-order valence-electron chi connectivity index (χ4n) is 8.48. The lowest BCUT2D eigenvalue weighted by Crippen LogP contribution is -2.71. The molecule has 1 saturated heterocycles. The average Bonchev–Trinajstić information content (AvgIpc) is 3.92. The summed E-state index contributed by atoms with van der Waals surface area (Å²) in [5, 5.41) is 12.3. The molecule has 2 aromatic heterocycles. The minimum absolute atomic E-state index is 0.0156. The van der Waals surface area contributed by atoms with Gasteiger partial charge in [-0.15, -0.1) is 34.7 Å². The molecule has 16 nitrogen and oxygen atoms in total. The number of esters is 1. The number of halogens is 1. The van der Waals surface area contributed by atoms with E-state index in [0.29, 0.717) is 33.5 Å². The molecule has 2 aliphatic heterocycles. The first-order chi connectivity index (χ1) is 36.1. The number of carbonyl (C=O) groups excluding carboxylic acids is 3. The van der Waals surface area contributed by atoms with Crippen LogP contribution in [0.4, 0.5) is 5.13 Å². The Morgan fingerprint density at radius 3 is 1.92 bits per heavy atom. The second-order valence-electron chi connectivity index (χ2n) is 16.7. The Morgan fingerprint density at radius 2 is 1.36 bits per heavy atom. The zero-order valence-electron chi connectivity index (χ0n) is 40.3. The SMILES string of the molecule is COc1ccc(COC(=O)C2=C(CCl)CS[C@@H]3[C@H](NC(=O)C(=NOCc4cc(=O)c(OCc5ccc(OC)cc5)cn4OC)c4csc(NC(c5ccccc5)(c5ccccc5)c5ccccc5)n4)C(=O)N23)cc1. The third-order valence-electron chi connectivity index (χ3n) is 12.3. The van der Waals surface area contributed by atoms with Gasteiger partial charge in [0.15, 0.2) is 23.2 Å². The van der Waals surface area contributed by atoms with Crippen LogP contribution in [0, 0.1) is 0 Å². The van der Waals surface area contributed by atoms with Crippen LogP contribution in [0.15, 0.2) is 178 Å². The first kappa shape index (κ1) is 50.9. The summed E-state index contributed by atoms with van der Waals surface area (Å²) in [6.07, 6.45) is 1.39. The molecule has 0 radical (unpaired) electrons. The Morgan fingerprint density at radius 1 is 0.784 bits per heavy atom. The number of benzene rings is 5. The number of thioether (sulfide) groups is 1. The number of thiazole rings is 1. The van der Waals surface area contributed by atoms with Gasteiger partial charge in [0.05, 0.1) is 20.4 Å². The average molecular weight is 1050 g/mol. The summed E-state index contributed by atoms with van der Waals surface area (Å²) >= 11 is 8.91. The van der Waals surface area contributed by atoms with Crippen LogP contribution in [0.3, 0.4) is 0 Å². The summed E-state index contributed by atoms with van der Waals surface area (Å²) in [6.45, 7) is -0.288. The number of carbonyl (C=O) groups is 3. The minimum atomic E-state index is -1.08. The summed E-state index contributed by atoms with van der Waals surface area (Å²) in [5.41, 5.74) is 3.57. The maximum Gasteiger partial charge on any atom is 0.355 e. The van der Waals surface area contributed by atoms with Crippen LogP contribution in [-0.2, 0) is 49.3 Å². The number of hydrogen-bond acceptors (Lipinski definition) is 15. The molecular weight excluding hydrogens is 1000 g/mol. The van der Waals surface area contributed by atoms with Gasteiger partial charge in [-0.05, 0) is 57.7 Å².